The molecule has 0 aliphatic carbocycles. The van der Waals surface area contributed by atoms with Crippen LogP contribution in [0.2, 0.25) is 0 Å². The van der Waals surface area contributed by atoms with Gasteiger partial charge in [0.15, 0.2) is 5.82 Å². The van der Waals surface area contributed by atoms with Gasteiger partial charge >= 0.3 is 0 Å². The predicted octanol–water partition coefficient (Wildman–Crippen LogP) is 2.32. The van der Waals surface area contributed by atoms with Crippen LogP contribution in [0.5, 0.6) is 0 Å². The van der Waals surface area contributed by atoms with Gasteiger partial charge in [0.25, 0.3) is 0 Å². The van der Waals surface area contributed by atoms with Gasteiger partial charge in [0.2, 0.25) is 0 Å². The van der Waals surface area contributed by atoms with E-state index in [9.17, 15) is 0 Å². The highest BCUT2D eigenvalue weighted by atomic mass is 35.5. The number of alkyl halides is 1. The van der Waals surface area contributed by atoms with Crippen LogP contribution < -0.4 is 4.90 Å². The summed E-state index contributed by atoms with van der Waals surface area (Å²) in [6.45, 7) is 6.32. The van der Waals surface area contributed by atoms with Gasteiger partial charge in [-0.2, -0.15) is 5.10 Å². The van der Waals surface area contributed by atoms with Crippen molar-refractivity contribution in [2.45, 2.75) is 25.6 Å². The number of rotatable bonds is 1. The molecule has 0 spiro atoms. The Morgan fingerprint density at radius 1 is 1.53 bits per heavy atom. The molecule has 0 saturated carbocycles. The molecule has 1 aliphatic heterocycles. The lowest BCUT2D eigenvalue weighted by Crippen LogP contribution is -2.46. The van der Waals surface area contributed by atoms with Gasteiger partial charge in [0.1, 0.15) is 0 Å². The standard InChI is InChI=1S/C11H16ClN3/c1-11(2)8-15(7-5-9(11)12)10-4-3-6-13-14-10/h3-4,6,9H,5,7-8H2,1-2H3. The molecule has 1 fully saturated rings. The summed E-state index contributed by atoms with van der Waals surface area (Å²) < 4.78 is 0. The zero-order chi connectivity index (χ0) is 10.9. The van der Waals surface area contributed by atoms with E-state index in [1.54, 1.807) is 6.20 Å². The lowest BCUT2D eigenvalue weighted by Gasteiger charge is -2.41. The number of aromatic nitrogens is 2. The Morgan fingerprint density at radius 3 is 2.93 bits per heavy atom. The fourth-order valence-electron chi connectivity index (χ4n) is 1.99. The molecule has 1 atom stereocenters. The van der Waals surface area contributed by atoms with Crippen LogP contribution in [0.1, 0.15) is 20.3 Å². The van der Waals surface area contributed by atoms with Gasteiger partial charge in [0, 0.05) is 24.7 Å². The summed E-state index contributed by atoms with van der Waals surface area (Å²) in [5, 5.41) is 8.28. The van der Waals surface area contributed by atoms with E-state index in [-0.39, 0.29) is 10.8 Å². The number of halogens is 1. The smallest absolute Gasteiger partial charge is 0.151 e. The van der Waals surface area contributed by atoms with Crippen molar-refractivity contribution in [3.05, 3.63) is 18.3 Å². The average molecular weight is 226 g/mol. The fraction of sp³-hybridized carbons (Fsp3) is 0.636. The van der Waals surface area contributed by atoms with Crippen LogP contribution in [0.4, 0.5) is 5.82 Å². The third-order valence-corrected chi connectivity index (χ3v) is 3.79. The second-order valence-electron chi connectivity index (χ2n) is 4.75. The molecule has 0 N–H and O–H groups in total. The van der Waals surface area contributed by atoms with E-state index in [0.717, 1.165) is 25.3 Å². The van der Waals surface area contributed by atoms with Crippen LogP contribution >= 0.6 is 11.6 Å². The molecule has 2 rings (SSSR count). The summed E-state index contributed by atoms with van der Waals surface area (Å²) in [6.07, 6.45) is 2.70. The van der Waals surface area contributed by atoms with Gasteiger partial charge < -0.3 is 4.90 Å². The molecule has 3 nitrogen and oxygen atoms in total. The van der Waals surface area contributed by atoms with Crippen molar-refractivity contribution in [1.29, 1.82) is 0 Å². The van der Waals surface area contributed by atoms with Crippen LogP contribution in [0.3, 0.4) is 0 Å². The number of piperidine rings is 1. The molecular formula is C11H16ClN3. The Morgan fingerprint density at radius 2 is 2.33 bits per heavy atom. The van der Waals surface area contributed by atoms with Crippen LogP contribution in [0.25, 0.3) is 0 Å². The Balaban J connectivity index is 2.14. The molecule has 0 bridgehead atoms. The van der Waals surface area contributed by atoms with E-state index in [1.807, 2.05) is 12.1 Å². The summed E-state index contributed by atoms with van der Waals surface area (Å²) >= 11 is 6.30. The van der Waals surface area contributed by atoms with Crippen molar-refractivity contribution in [1.82, 2.24) is 10.2 Å². The lowest BCUT2D eigenvalue weighted by atomic mass is 9.83. The highest BCUT2D eigenvalue weighted by molar-refractivity contribution is 6.21. The fourth-order valence-corrected chi connectivity index (χ4v) is 2.15. The van der Waals surface area contributed by atoms with E-state index in [4.69, 9.17) is 11.6 Å². The molecule has 1 aromatic heterocycles. The predicted molar refractivity (Wildman–Crippen MR) is 62.3 cm³/mol. The van der Waals surface area contributed by atoms with Crippen molar-refractivity contribution in [2.75, 3.05) is 18.0 Å². The number of nitrogens with zero attached hydrogens (tertiary/aromatic N) is 3. The minimum atomic E-state index is 0.136. The molecule has 2 heterocycles. The van der Waals surface area contributed by atoms with Crippen molar-refractivity contribution in [3.8, 4) is 0 Å². The van der Waals surface area contributed by atoms with Crippen LogP contribution in [-0.2, 0) is 0 Å². The molecule has 0 radical (unpaired) electrons. The molecule has 15 heavy (non-hydrogen) atoms. The summed E-state index contributed by atoms with van der Waals surface area (Å²) in [5.74, 6) is 0.953. The molecular weight excluding hydrogens is 210 g/mol. The zero-order valence-electron chi connectivity index (χ0n) is 9.15. The van der Waals surface area contributed by atoms with Crippen LogP contribution in [0, 0.1) is 5.41 Å². The summed E-state index contributed by atoms with van der Waals surface area (Å²) in [7, 11) is 0. The van der Waals surface area contributed by atoms with Crippen molar-refractivity contribution < 1.29 is 0 Å². The van der Waals surface area contributed by atoms with Crippen LogP contribution in [0.15, 0.2) is 18.3 Å². The van der Waals surface area contributed by atoms with E-state index in [0.29, 0.717) is 0 Å². The van der Waals surface area contributed by atoms with Gasteiger partial charge in [-0.25, -0.2) is 0 Å². The Labute approximate surface area is 95.5 Å². The van der Waals surface area contributed by atoms with Gasteiger partial charge in [-0.05, 0) is 24.0 Å². The maximum absolute atomic E-state index is 6.30. The maximum atomic E-state index is 6.30. The molecule has 1 aliphatic rings. The number of hydrogen-bond donors (Lipinski definition) is 0. The largest absolute Gasteiger partial charge is 0.354 e. The summed E-state index contributed by atoms with van der Waals surface area (Å²) in [6, 6.07) is 3.92. The average Bonchev–Trinajstić information content (AvgIpc) is 2.23. The Bertz CT molecular complexity index is 326. The molecule has 82 valence electrons. The molecule has 1 aromatic rings. The normalized spacial score (nSPS) is 25.3. The molecule has 1 unspecified atom stereocenters. The Kier molecular flexibility index (Phi) is 2.83. The Hall–Kier alpha value is -0.830. The van der Waals surface area contributed by atoms with E-state index < -0.39 is 0 Å². The third-order valence-electron chi connectivity index (χ3n) is 2.98. The number of hydrogen-bond acceptors (Lipinski definition) is 3. The quantitative estimate of drug-likeness (QED) is 0.687. The first-order chi connectivity index (χ1) is 7.09. The minimum Gasteiger partial charge on any atom is -0.354 e. The van der Waals surface area contributed by atoms with Crippen molar-refractivity contribution in [2.24, 2.45) is 5.41 Å². The molecule has 0 amide bonds. The highest BCUT2D eigenvalue weighted by Crippen LogP contribution is 2.34. The van der Waals surface area contributed by atoms with Crippen molar-refractivity contribution in [3.63, 3.8) is 0 Å². The van der Waals surface area contributed by atoms with Gasteiger partial charge in [0.05, 0.1) is 0 Å². The topological polar surface area (TPSA) is 29.0 Å². The van der Waals surface area contributed by atoms with E-state index in [1.165, 1.54) is 0 Å². The van der Waals surface area contributed by atoms with Crippen molar-refractivity contribution >= 4 is 17.4 Å². The number of anilines is 1. The maximum Gasteiger partial charge on any atom is 0.151 e. The zero-order valence-corrected chi connectivity index (χ0v) is 9.91. The van der Waals surface area contributed by atoms with E-state index >= 15 is 0 Å². The van der Waals surface area contributed by atoms with Gasteiger partial charge in [-0.3, -0.25) is 0 Å². The SMILES string of the molecule is CC1(C)CN(c2cccnn2)CCC1Cl. The van der Waals surface area contributed by atoms with Gasteiger partial charge in [-0.1, -0.05) is 13.8 Å². The first-order valence-electron chi connectivity index (χ1n) is 5.26. The molecule has 4 heteroatoms. The molecule has 1 saturated heterocycles. The minimum absolute atomic E-state index is 0.136. The van der Waals surface area contributed by atoms with Crippen LogP contribution in [-0.4, -0.2) is 28.7 Å². The monoisotopic (exact) mass is 225 g/mol. The highest BCUT2D eigenvalue weighted by Gasteiger charge is 2.34. The van der Waals surface area contributed by atoms with Gasteiger partial charge in [-0.15, -0.1) is 16.7 Å². The second-order valence-corrected chi connectivity index (χ2v) is 5.28. The summed E-state index contributed by atoms with van der Waals surface area (Å²) in [5.41, 5.74) is 0.136. The summed E-state index contributed by atoms with van der Waals surface area (Å²) in [4.78, 5) is 2.26. The second kappa shape index (κ2) is 3.97. The van der Waals surface area contributed by atoms with E-state index in [2.05, 4.69) is 28.9 Å². The first-order valence-corrected chi connectivity index (χ1v) is 5.70. The first kappa shape index (κ1) is 10.7. The molecule has 0 aromatic carbocycles. The lowest BCUT2D eigenvalue weighted by molar-refractivity contribution is 0.299. The third kappa shape index (κ3) is 2.23.